The first-order chi connectivity index (χ1) is 10.6. The number of aryl methyl sites for hydroxylation is 1. The number of likely N-dealkylation sites (tertiary alicyclic amines) is 1. The van der Waals surface area contributed by atoms with Crippen molar-refractivity contribution >= 4 is 15.7 Å². The van der Waals surface area contributed by atoms with Gasteiger partial charge in [0.25, 0.3) is 5.69 Å². The summed E-state index contributed by atoms with van der Waals surface area (Å²) < 4.78 is 27.1. The Morgan fingerprint density at radius 1 is 1.39 bits per heavy atom. The van der Waals surface area contributed by atoms with Crippen molar-refractivity contribution < 1.29 is 13.3 Å². The van der Waals surface area contributed by atoms with E-state index in [1.165, 1.54) is 22.5 Å². The molecule has 2 atom stereocenters. The van der Waals surface area contributed by atoms with Crippen molar-refractivity contribution in [3.63, 3.8) is 0 Å². The molecule has 1 fully saturated rings. The maximum absolute atomic E-state index is 12.8. The molecular weight excluding hydrogens is 318 g/mol. The lowest BCUT2D eigenvalue weighted by Crippen LogP contribution is -2.49. The van der Waals surface area contributed by atoms with Gasteiger partial charge in [-0.25, -0.2) is 8.42 Å². The second-order valence-electron chi connectivity index (χ2n) is 6.32. The molecule has 1 aromatic rings. The average Bonchev–Trinajstić information content (AvgIpc) is 2.46. The van der Waals surface area contributed by atoms with Crippen LogP contribution < -0.4 is 0 Å². The SMILES string of the molecule is Cc1cc(S(=O)(=O)N(C)[C@@H]2CCN(C)C[C@H]2C)ccc1[N+](=O)[O-]. The predicted octanol–water partition coefficient (Wildman–Crippen LogP) is 1.86. The van der Waals surface area contributed by atoms with Gasteiger partial charge in [-0.2, -0.15) is 4.31 Å². The highest BCUT2D eigenvalue weighted by Crippen LogP contribution is 2.28. The van der Waals surface area contributed by atoms with Crippen molar-refractivity contribution in [2.45, 2.75) is 31.2 Å². The molecule has 1 aliphatic heterocycles. The van der Waals surface area contributed by atoms with Gasteiger partial charge < -0.3 is 4.90 Å². The van der Waals surface area contributed by atoms with Crippen molar-refractivity contribution in [3.8, 4) is 0 Å². The number of nitrogens with zero attached hydrogens (tertiary/aromatic N) is 3. The van der Waals surface area contributed by atoms with E-state index in [2.05, 4.69) is 4.90 Å². The van der Waals surface area contributed by atoms with Crippen LogP contribution in [0.5, 0.6) is 0 Å². The lowest BCUT2D eigenvalue weighted by atomic mass is 9.94. The fourth-order valence-corrected chi connectivity index (χ4v) is 4.79. The second kappa shape index (κ2) is 6.54. The lowest BCUT2D eigenvalue weighted by Gasteiger charge is -2.39. The Bertz CT molecular complexity index is 705. The van der Waals surface area contributed by atoms with Crippen LogP contribution in [0.15, 0.2) is 23.1 Å². The van der Waals surface area contributed by atoms with Crippen molar-refractivity contribution in [1.82, 2.24) is 9.21 Å². The van der Waals surface area contributed by atoms with Crippen LogP contribution in [0.2, 0.25) is 0 Å². The number of hydrogen-bond donors (Lipinski definition) is 0. The van der Waals surface area contributed by atoms with Crippen LogP contribution in [0.3, 0.4) is 0 Å². The molecule has 0 radical (unpaired) electrons. The van der Waals surface area contributed by atoms with Crippen LogP contribution in [-0.4, -0.2) is 55.8 Å². The highest BCUT2D eigenvalue weighted by Gasteiger charge is 2.34. The van der Waals surface area contributed by atoms with Gasteiger partial charge in [0.05, 0.1) is 9.82 Å². The van der Waals surface area contributed by atoms with Crippen molar-refractivity contribution in [3.05, 3.63) is 33.9 Å². The van der Waals surface area contributed by atoms with Gasteiger partial charge in [0.1, 0.15) is 0 Å². The molecule has 0 spiro atoms. The largest absolute Gasteiger partial charge is 0.306 e. The third-order valence-corrected chi connectivity index (χ3v) is 6.45. The zero-order chi connectivity index (χ0) is 17.4. The molecule has 2 rings (SSSR count). The standard InChI is InChI=1S/C15H23N3O4S/c1-11-9-13(5-6-15(11)18(19)20)23(21,22)17(4)14-7-8-16(3)10-12(14)2/h5-6,9,12,14H,7-8,10H2,1-4H3/t12-,14-/m1/s1. The molecule has 1 saturated heterocycles. The van der Waals surface area contributed by atoms with Gasteiger partial charge in [-0.15, -0.1) is 0 Å². The van der Waals surface area contributed by atoms with Gasteiger partial charge in [-0.3, -0.25) is 10.1 Å². The first kappa shape index (κ1) is 17.8. The highest BCUT2D eigenvalue weighted by molar-refractivity contribution is 7.89. The van der Waals surface area contributed by atoms with Crippen LogP contribution in [0.4, 0.5) is 5.69 Å². The Kier molecular flexibility index (Phi) is 5.07. The molecule has 0 saturated carbocycles. The van der Waals surface area contributed by atoms with E-state index in [-0.39, 0.29) is 22.5 Å². The van der Waals surface area contributed by atoms with E-state index in [1.807, 2.05) is 14.0 Å². The monoisotopic (exact) mass is 341 g/mol. The van der Waals surface area contributed by atoms with Crippen LogP contribution in [0.25, 0.3) is 0 Å². The maximum atomic E-state index is 12.8. The molecule has 0 amide bonds. The predicted molar refractivity (Wildman–Crippen MR) is 87.8 cm³/mol. The maximum Gasteiger partial charge on any atom is 0.272 e. The van der Waals surface area contributed by atoms with E-state index in [4.69, 9.17) is 0 Å². The number of benzene rings is 1. The summed E-state index contributed by atoms with van der Waals surface area (Å²) in [6, 6.07) is 3.89. The molecule has 7 nitrogen and oxygen atoms in total. The second-order valence-corrected chi connectivity index (χ2v) is 8.32. The lowest BCUT2D eigenvalue weighted by molar-refractivity contribution is -0.385. The van der Waals surface area contributed by atoms with E-state index >= 15 is 0 Å². The number of nitro benzene ring substituents is 1. The number of rotatable bonds is 4. The summed E-state index contributed by atoms with van der Waals surface area (Å²) in [7, 11) is -0.0373. The molecule has 0 bridgehead atoms. The van der Waals surface area contributed by atoms with E-state index in [9.17, 15) is 18.5 Å². The van der Waals surface area contributed by atoms with E-state index in [0.717, 1.165) is 19.5 Å². The van der Waals surface area contributed by atoms with Gasteiger partial charge in [-0.05, 0) is 45.0 Å². The third kappa shape index (κ3) is 3.54. The first-order valence-corrected chi connectivity index (χ1v) is 9.00. The van der Waals surface area contributed by atoms with Crippen LogP contribution in [-0.2, 0) is 10.0 Å². The molecule has 23 heavy (non-hydrogen) atoms. The van der Waals surface area contributed by atoms with Gasteiger partial charge in [0.15, 0.2) is 0 Å². The Labute approximate surface area is 137 Å². The Balaban J connectivity index is 2.30. The van der Waals surface area contributed by atoms with Gasteiger partial charge >= 0.3 is 0 Å². The average molecular weight is 341 g/mol. The Morgan fingerprint density at radius 3 is 2.57 bits per heavy atom. The van der Waals surface area contributed by atoms with Gasteiger partial charge in [0, 0.05) is 31.3 Å². The third-order valence-electron chi connectivity index (χ3n) is 4.57. The minimum absolute atomic E-state index is 0.0632. The number of hydrogen-bond acceptors (Lipinski definition) is 5. The highest BCUT2D eigenvalue weighted by atomic mass is 32.2. The van der Waals surface area contributed by atoms with E-state index < -0.39 is 14.9 Å². The Morgan fingerprint density at radius 2 is 2.04 bits per heavy atom. The van der Waals surface area contributed by atoms with Crippen molar-refractivity contribution in [1.29, 1.82) is 0 Å². The molecule has 0 aliphatic carbocycles. The van der Waals surface area contributed by atoms with Crippen molar-refractivity contribution in [2.75, 3.05) is 27.2 Å². The van der Waals surface area contributed by atoms with Crippen LogP contribution in [0, 0.1) is 23.0 Å². The van der Waals surface area contributed by atoms with Crippen LogP contribution in [0.1, 0.15) is 18.9 Å². The van der Waals surface area contributed by atoms with Crippen LogP contribution >= 0.6 is 0 Å². The smallest absolute Gasteiger partial charge is 0.272 e. The Hall–Kier alpha value is -1.51. The number of piperidine rings is 1. The summed E-state index contributed by atoms with van der Waals surface area (Å²) in [4.78, 5) is 12.7. The molecule has 128 valence electrons. The summed E-state index contributed by atoms with van der Waals surface area (Å²) in [5.74, 6) is 0.229. The molecule has 0 N–H and O–H groups in total. The first-order valence-electron chi connectivity index (χ1n) is 7.56. The topological polar surface area (TPSA) is 83.8 Å². The summed E-state index contributed by atoms with van der Waals surface area (Å²) in [5, 5.41) is 10.9. The number of nitro groups is 1. The number of sulfonamides is 1. The summed E-state index contributed by atoms with van der Waals surface area (Å²) in [5.41, 5.74) is 0.278. The molecule has 0 unspecified atom stereocenters. The van der Waals surface area contributed by atoms with E-state index in [0.29, 0.717) is 5.56 Å². The van der Waals surface area contributed by atoms with Gasteiger partial charge in [-0.1, -0.05) is 6.92 Å². The molecule has 1 aromatic carbocycles. The molecular formula is C15H23N3O4S. The summed E-state index contributed by atoms with van der Waals surface area (Å²) in [6.07, 6.45) is 0.777. The fraction of sp³-hybridized carbons (Fsp3) is 0.600. The summed E-state index contributed by atoms with van der Waals surface area (Å²) >= 11 is 0. The van der Waals surface area contributed by atoms with Gasteiger partial charge in [0.2, 0.25) is 10.0 Å². The van der Waals surface area contributed by atoms with E-state index in [1.54, 1.807) is 14.0 Å². The normalized spacial score (nSPS) is 23.2. The van der Waals surface area contributed by atoms with Crippen molar-refractivity contribution in [2.24, 2.45) is 5.92 Å². The zero-order valence-electron chi connectivity index (χ0n) is 13.9. The quantitative estimate of drug-likeness (QED) is 0.616. The zero-order valence-corrected chi connectivity index (χ0v) is 14.7. The minimum atomic E-state index is -3.66. The molecule has 8 heteroatoms. The minimum Gasteiger partial charge on any atom is -0.306 e. The molecule has 1 aliphatic rings. The fourth-order valence-electron chi connectivity index (χ4n) is 3.22. The molecule has 1 heterocycles. The summed E-state index contributed by atoms with van der Waals surface area (Å²) in [6.45, 7) is 5.31. The molecule has 0 aromatic heterocycles.